The van der Waals surface area contributed by atoms with Crippen molar-refractivity contribution in [3.8, 4) is 11.3 Å². The largest absolute Gasteiger partial charge is 0.472 e. The first-order chi connectivity index (χ1) is 12.7. The molecular formula is C19H13ClN2O3S. The number of halogens is 1. The van der Waals surface area contributed by atoms with E-state index in [1.54, 1.807) is 24.7 Å². The highest BCUT2D eigenvalue weighted by molar-refractivity contribution is 8.18. The lowest BCUT2D eigenvalue weighted by atomic mass is 10.2. The molecule has 1 saturated heterocycles. The highest BCUT2D eigenvalue weighted by Gasteiger charge is 2.24. The highest BCUT2D eigenvalue weighted by Crippen LogP contribution is 2.29. The zero-order valence-electron chi connectivity index (χ0n) is 13.4. The average Bonchev–Trinajstić information content (AvgIpc) is 3.36. The summed E-state index contributed by atoms with van der Waals surface area (Å²) in [6.45, 7) is 0.450. The molecule has 1 aliphatic heterocycles. The van der Waals surface area contributed by atoms with Gasteiger partial charge in [0.1, 0.15) is 11.5 Å². The van der Waals surface area contributed by atoms with Gasteiger partial charge in [0.15, 0.2) is 5.17 Å². The van der Waals surface area contributed by atoms with Gasteiger partial charge in [0.05, 0.1) is 24.0 Å². The Bertz CT molecular complexity index is 1010. The van der Waals surface area contributed by atoms with Gasteiger partial charge < -0.3 is 14.2 Å². The second-order valence-corrected chi connectivity index (χ2v) is 7.00. The standard InChI is InChI=1S/C19H13ClN2O3S/c20-14-3-1-2-13(8-14)16-5-4-15(25-16)9-17-18(23)22-19(26-17)21-10-12-6-7-24-11-12/h1-9,11H,10H2,(H,21,22,23)/b17-9-. The van der Waals surface area contributed by atoms with Crippen LogP contribution in [0.2, 0.25) is 5.02 Å². The molecular weight excluding hydrogens is 372 g/mol. The molecule has 5 nitrogen and oxygen atoms in total. The van der Waals surface area contributed by atoms with E-state index in [0.29, 0.717) is 33.2 Å². The van der Waals surface area contributed by atoms with Gasteiger partial charge in [-0.25, -0.2) is 0 Å². The van der Waals surface area contributed by atoms with Crippen LogP contribution in [0.1, 0.15) is 11.3 Å². The second-order valence-electron chi connectivity index (χ2n) is 5.53. The first kappa shape index (κ1) is 16.8. The number of rotatable bonds is 4. The molecule has 0 unspecified atom stereocenters. The predicted molar refractivity (Wildman–Crippen MR) is 103 cm³/mol. The molecule has 3 aromatic rings. The van der Waals surface area contributed by atoms with Crippen LogP contribution in [0, 0.1) is 0 Å². The Labute approximate surface area is 158 Å². The number of aliphatic imine (C=N–C) groups is 1. The molecule has 0 aliphatic carbocycles. The molecule has 1 N–H and O–H groups in total. The normalized spacial score (nSPS) is 17.2. The second kappa shape index (κ2) is 7.27. The number of nitrogens with zero attached hydrogens (tertiary/aromatic N) is 1. The van der Waals surface area contributed by atoms with Gasteiger partial charge in [-0.1, -0.05) is 23.7 Å². The van der Waals surface area contributed by atoms with Crippen molar-refractivity contribution in [2.45, 2.75) is 6.54 Å². The lowest BCUT2D eigenvalue weighted by Gasteiger charge is -1.97. The molecule has 0 spiro atoms. The summed E-state index contributed by atoms with van der Waals surface area (Å²) in [5.74, 6) is 1.09. The topological polar surface area (TPSA) is 67.7 Å². The molecule has 0 atom stereocenters. The monoisotopic (exact) mass is 384 g/mol. The van der Waals surface area contributed by atoms with Crippen molar-refractivity contribution in [1.29, 1.82) is 0 Å². The molecule has 0 saturated carbocycles. The van der Waals surface area contributed by atoms with E-state index in [-0.39, 0.29) is 5.91 Å². The van der Waals surface area contributed by atoms with Crippen LogP contribution in [-0.2, 0) is 11.3 Å². The Balaban J connectivity index is 1.50. The summed E-state index contributed by atoms with van der Waals surface area (Å²) in [4.78, 5) is 17.0. The van der Waals surface area contributed by atoms with Crippen LogP contribution in [0.5, 0.6) is 0 Å². The van der Waals surface area contributed by atoms with E-state index in [1.165, 1.54) is 11.8 Å². The maximum atomic E-state index is 12.1. The maximum absolute atomic E-state index is 12.1. The number of benzene rings is 1. The average molecular weight is 385 g/mol. The van der Waals surface area contributed by atoms with Crippen molar-refractivity contribution < 1.29 is 13.6 Å². The minimum atomic E-state index is -0.193. The molecule has 0 radical (unpaired) electrons. The summed E-state index contributed by atoms with van der Waals surface area (Å²) in [7, 11) is 0. The van der Waals surface area contributed by atoms with Gasteiger partial charge in [0.2, 0.25) is 0 Å². The van der Waals surface area contributed by atoms with E-state index in [4.69, 9.17) is 20.4 Å². The number of carbonyl (C=O) groups is 1. The van der Waals surface area contributed by atoms with Crippen molar-refractivity contribution in [3.05, 3.63) is 76.2 Å². The van der Waals surface area contributed by atoms with Gasteiger partial charge in [0, 0.05) is 22.2 Å². The van der Waals surface area contributed by atoms with Crippen molar-refractivity contribution in [2.24, 2.45) is 4.99 Å². The van der Waals surface area contributed by atoms with Gasteiger partial charge in [-0.15, -0.1) is 0 Å². The van der Waals surface area contributed by atoms with Gasteiger partial charge in [-0.2, -0.15) is 0 Å². The van der Waals surface area contributed by atoms with Gasteiger partial charge in [-0.05, 0) is 42.1 Å². The molecule has 130 valence electrons. The molecule has 1 fully saturated rings. The number of furan rings is 2. The van der Waals surface area contributed by atoms with Crippen molar-refractivity contribution >= 4 is 40.5 Å². The molecule has 1 aromatic carbocycles. The summed E-state index contributed by atoms with van der Waals surface area (Å²) < 4.78 is 10.8. The van der Waals surface area contributed by atoms with E-state index in [9.17, 15) is 4.79 Å². The fourth-order valence-electron chi connectivity index (χ4n) is 2.40. The number of nitrogens with one attached hydrogen (secondary N) is 1. The summed E-state index contributed by atoms with van der Waals surface area (Å²) >= 11 is 7.29. The summed E-state index contributed by atoms with van der Waals surface area (Å²) in [5.41, 5.74) is 1.83. The van der Waals surface area contributed by atoms with Crippen LogP contribution >= 0.6 is 23.4 Å². The smallest absolute Gasteiger partial charge is 0.264 e. The molecule has 26 heavy (non-hydrogen) atoms. The summed E-state index contributed by atoms with van der Waals surface area (Å²) in [5, 5.41) is 3.95. The van der Waals surface area contributed by atoms with E-state index in [1.807, 2.05) is 36.4 Å². The summed E-state index contributed by atoms with van der Waals surface area (Å²) in [6, 6.07) is 12.9. The first-order valence-electron chi connectivity index (χ1n) is 7.79. The van der Waals surface area contributed by atoms with Crippen molar-refractivity contribution in [2.75, 3.05) is 0 Å². The number of carbonyl (C=O) groups excluding carboxylic acids is 1. The Hall–Kier alpha value is -2.70. The Morgan fingerprint density at radius 1 is 1.23 bits per heavy atom. The minimum absolute atomic E-state index is 0.193. The molecule has 1 amide bonds. The van der Waals surface area contributed by atoms with Gasteiger partial charge in [0.25, 0.3) is 5.91 Å². The third-order valence-corrected chi connectivity index (χ3v) is 4.83. The molecule has 1 aliphatic rings. The third kappa shape index (κ3) is 3.76. The number of amides is 1. The van der Waals surface area contributed by atoms with E-state index in [2.05, 4.69) is 10.3 Å². The van der Waals surface area contributed by atoms with E-state index < -0.39 is 0 Å². The Morgan fingerprint density at radius 2 is 2.15 bits per heavy atom. The van der Waals surface area contributed by atoms with Crippen LogP contribution < -0.4 is 5.32 Å². The maximum Gasteiger partial charge on any atom is 0.264 e. The van der Waals surface area contributed by atoms with Crippen LogP contribution in [0.4, 0.5) is 0 Å². The zero-order valence-corrected chi connectivity index (χ0v) is 15.0. The Kier molecular flexibility index (Phi) is 4.69. The summed E-state index contributed by atoms with van der Waals surface area (Å²) in [6.07, 6.45) is 4.92. The van der Waals surface area contributed by atoms with Gasteiger partial charge >= 0.3 is 0 Å². The SMILES string of the molecule is O=C1NC(=NCc2ccoc2)S/C1=C\c1ccc(-c2cccc(Cl)c2)o1. The number of thioether (sulfide) groups is 1. The number of hydrogen-bond acceptors (Lipinski definition) is 5. The molecule has 7 heteroatoms. The van der Waals surface area contributed by atoms with Crippen molar-refractivity contribution in [1.82, 2.24) is 5.32 Å². The fraction of sp³-hybridized carbons (Fsp3) is 0.0526. The third-order valence-electron chi connectivity index (χ3n) is 3.65. The van der Waals surface area contributed by atoms with E-state index in [0.717, 1.165) is 11.1 Å². The van der Waals surface area contributed by atoms with Gasteiger partial charge in [-0.3, -0.25) is 9.79 Å². The van der Waals surface area contributed by atoms with Crippen LogP contribution in [0.3, 0.4) is 0 Å². The molecule has 3 heterocycles. The number of hydrogen-bond donors (Lipinski definition) is 1. The van der Waals surface area contributed by atoms with E-state index >= 15 is 0 Å². The predicted octanol–water partition coefficient (Wildman–Crippen LogP) is 4.95. The molecule has 0 bridgehead atoms. The minimum Gasteiger partial charge on any atom is -0.472 e. The van der Waals surface area contributed by atoms with Crippen LogP contribution in [0.25, 0.3) is 17.4 Å². The quantitative estimate of drug-likeness (QED) is 0.646. The van der Waals surface area contributed by atoms with Crippen LogP contribution in [0.15, 0.2) is 73.7 Å². The Morgan fingerprint density at radius 3 is 2.96 bits per heavy atom. The number of amidine groups is 1. The lowest BCUT2D eigenvalue weighted by Crippen LogP contribution is -2.19. The molecule has 2 aromatic heterocycles. The molecule has 4 rings (SSSR count). The lowest BCUT2D eigenvalue weighted by molar-refractivity contribution is -0.115. The fourth-order valence-corrected chi connectivity index (χ4v) is 3.39. The zero-order chi connectivity index (χ0) is 17.9. The highest BCUT2D eigenvalue weighted by atomic mass is 35.5. The first-order valence-corrected chi connectivity index (χ1v) is 8.99. The van der Waals surface area contributed by atoms with Crippen LogP contribution in [-0.4, -0.2) is 11.1 Å². The van der Waals surface area contributed by atoms with Crippen molar-refractivity contribution in [3.63, 3.8) is 0 Å².